The van der Waals surface area contributed by atoms with Gasteiger partial charge in [0.15, 0.2) is 5.82 Å². The van der Waals surface area contributed by atoms with Gasteiger partial charge in [0.25, 0.3) is 0 Å². The van der Waals surface area contributed by atoms with Crippen molar-refractivity contribution in [3.63, 3.8) is 0 Å². The van der Waals surface area contributed by atoms with E-state index in [1.807, 2.05) is 6.07 Å². The number of nitrogens with zero attached hydrogens (tertiary/aromatic N) is 4. The zero-order valence-electron chi connectivity index (χ0n) is 9.95. The van der Waals surface area contributed by atoms with Crippen LogP contribution in [0.15, 0.2) is 6.20 Å². The number of anilines is 1. The minimum absolute atomic E-state index is 0.0262. The second-order valence-electron chi connectivity index (χ2n) is 4.27. The van der Waals surface area contributed by atoms with Crippen molar-refractivity contribution in [3.05, 3.63) is 17.0 Å². The summed E-state index contributed by atoms with van der Waals surface area (Å²) in [6, 6.07) is 1.86. The first-order chi connectivity index (χ1) is 9.30. The molecular formula is C10H8Cl2N4O3S. The van der Waals surface area contributed by atoms with Gasteiger partial charge in [0.1, 0.15) is 11.6 Å². The van der Waals surface area contributed by atoms with Crippen LogP contribution in [0.4, 0.5) is 5.82 Å². The molecule has 1 aromatic rings. The van der Waals surface area contributed by atoms with Gasteiger partial charge >= 0.3 is 0 Å². The van der Waals surface area contributed by atoms with E-state index in [4.69, 9.17) is 27.5 Å². The Hall–Kier alpha value is -1.43. The maximum atomic E-state index is 11.9. The molecule has 2 rings (SSSR count). The number of carbonyl (C=O) groups excluding carboxylic acids is 1. The molecule has 0 bridgehead atoms. The highest BCUT2D eigenvalue weighted by Crippen LogP contribution is 2.27. The van der Waals surface area contributed by atoms with Crippen LogP contribution in [0.5, 0.6) is 0 Å². The Labute approximate surface area is 124 Å². The molecule has 0 aliphatic carbocycles. The minimum atomic E-state index is -3.69. The summed E-state index contributed by atoms with van der Waals surface area (Å²) in [5.41, 5.74) is 0.0946. The SMILES string of the molecule is N#Cc1cnc(Cl)nc1N1CC(CS(=O)(=O)Cl)CC1=O. The molecule has 1 atom stereocenters. The second kappa shape index (κ2) is 5.52. The molecule has 0 aromatic carbocycles. The largest absolute Gasteiger partial charge is 0.295 e. The summed E-state index contributed by atoms with van der Waals surface area (Å²) >= 11 is 5.66. The topological polar surface area (TPSA) is 104 Å². The average Bonchev–Trinajstić information content (AvgIpc) is 2.67. The molecule has 0 saturated carbocycles. The zero-order chi connectivity index (χ0) is 14.9. The van der Waals surface area contributed by atoms with Crippen LogP contribution in [-0.4, -0.2) is 36.6 Å². The van der Waals surface area contributed by atoms with Gasteiger partial charge in [-0.25, -0.2) is 13.4 Å². The van der Waals surface area contributed by atoms with E-state index in [1.54, 1.807) is 0 Å². The third kappa shape index (κ3) is 3.36. The molecule has 0 radical (unpaired) electrons. The summed E-state index contributed by atoms with van der Waals surface area (Å²) in [6.07, 6.45) is 1.24. The third-order valence-corrected chi connectivity index (χ3v) is 4.18. The average molecular weight is 335 g/mol. The predicted octanol–water partition coefficient (Wildman–Crippen LogP) is 0.923. The molecule has 0 spiro atoms. The first-order valence-electron chi connectivity index (χ1n) is 5.45. The number of amides is 1. The standard InChI is InChI=1S/C10H8Cl2N4O3S/c11-10-14-3-7(2-13)9(15-10)16-4-6(1-8(16)17)5-20(12,18)19/h3,6H,1,4-5H2. The van der Waals surface area contributed by atoms with Crippen molar-refractivity contribution < 1.29 is 13.2 Å². The molecule has 1 aromatic heterocycles. The number of nitriles is 1. The van der Waals surface area contributed by atoms with Crippen LogP contribution >= 0.6 is 22.3 Å². The van der Waals surface area contributed by atoms with E-state index in [9.17, 15) is 13.2 Å². The molecule has 7 nitrogen and oxygen atoms in total. The Morgan fingerprint density at radius 1 is 1.55 bits per heavy atom. The van der Waals surface area contributed by atoms with E-state index in [-0.39, 0.29) is 41.3 Å². The zero-order valence-corrected chi connectivity index (χ0v) is 12.3. The van der Waals surface area contributed by atoms with Gasteiger partial charge in [-0.15, -0.1) is 0 Å². The van der Waals surface area contributed by atoms with Gasteiger partial charge in [-0.2, -0.15) is 10.2 Å². The first kappa shape index (κ1) is 15.0. The van der Waals surface area contributed by atoms with Crippen LogP contribution < -0.4 is 4.90 Å². The van der Waals surface area contributed by atoms with E-state index < -0.39 is 15.0 Å². The Balaban J connectivity index is 2.29. The lowest BCUT2D eigenvalue weighted by atomic mass is 10.1. The van der Waals surface area contributed by atoms with Crippen molar-refractivity contribution in [2.24, 2.45) is 5.92 Å². The monoisotopic (exact) mass is 334 g/mol. The molecule has 1 unspecified atom stereocenters. The summed E-state index contributed by atoms with van der Waals surface area (Å²) in [7, 11) is 1.49. The molecule has 0 N–H and O–H groups in total. The Bertz CT molecular complexity index is 701. The number of rotatable bonds is 3. The molecule has 1 amide bonds. The van der Waals surface area contributed by atoms with Crippen molar-refractivity contribution >= 4 is 43.1 Å². The van der Waals surface area contributed by atoms with Crippen LogP contribution in [0.25, 0.3) is 0 Å². The number of carbonyl (C=O) groups is 1. The van der Waals surface area contributed by atoms with Gasteiger partial charge in [-0.05, 0) is 11.6 Å². The van der Waals surface area contributed by atoms with Crippen LogP contribution in [0.1, 0.15) is 12.0 Å². The molecule has 20 heavy (non-hydrogen) atoms. The van der Waals surface area contributed by atoms with Gasteiger partial charge in [-0.3, -0.25) is 9.69 Å². The maximum absolute atomic E-state index is 11.9. The van der Waals surface area contributed by atoms with Crippen LogP contribution in [0.3, 0.4) is 0 Å². The number of aromatic nitrogens is 2. The van der Waals surface area contributed by atoms with E-state index in [1.165, 1.54) is 11.1 Å². The Morgan fingerprint density at radius 3 is 2.85 bits per heavy atom. The van der Waals surface area contributed by atoms with Gasteiger partial charge in [0.2, 0.25) is 20.2 Å². The summed E-state index contributed by atoms with van der Waals surface area (Å²) < 4.78 is 22.1. The quantitative estimate of drug-likeness (QED) is 0.601. The number of hydrogen-bond acceptors (Lipinski definition) is 6. The van der Waals surface area contributed by atoms with Crippen molar-refractivity contribution in [1.29, 1.82) is 5.26 Å². The van der Waals surface area contributed by atoms with Crippen molar-refractivity contribution in [2.45, 2.75) is 6.42 Å². The Morgan fingerprint density at radius 2 is 2.25 bits per heavy atom. The fourth-order valence-corrected chi connectivity index (χ4v) is 3.47. The second-order valence-corrected chi connectivity index (χ2v) is 7.43. The lowest BCUT2D eigenvalue weighted by Crippen LogP contribution is -2.27. The van der Waals surface area contributed by atoms with E-state index >= 15 is 0 Å². The van der Waals surface area contributed by atoms with Gasteiger partial charge < -0.3 is 0 Å². The fourth-order valence-electron chi connectivity index (χ4n) is 2.02. The van der Waals surface area contributed by atoms with E-state index in [0.29, 0.717) is 0 Å². The number of hydrogen-bond donors (Lipinski definition) is 0. The van der Waals surface area contributed by atoms with Crippen LogP contribution in [0.2, 0.25) is 5.28 Å². The predicted molar refractivity (Wildman–Crippen MR) is 71.9 cm³/mol. The summed E-state index contributed by atoms with van der Waals surface area (Å²) in [5.74, 6) is -0.990. The highest BCUT2D eigenvalue weighted by atomic mass is 35.7. The van der Waals surface area contributed by atoms with E-state index in [2.05, 4.69) is 9.97 Å². The number of halogens is 2. The maximum Gasteiger partial charge on any atom is 0.232 e. The van der Waals surface area contributed by atoms with E-state index in [0.717, 1.165) is 0 Å². The smallest absolute Gasteiger partial charge is 0.232 e. The van der Waals surface area contributed by atoms with Crippen molar-refractivity contribution in [3.8, 4) is 6.07 Å². The lowest BCUT2D eigenvalue weighted by molar-refractivity contribution is -0.117. The highest BCUT2D eigenvalue weighted by Gasteiger charge is 2.35. The normalized spacial score (nSPS) is 19.1. The molecule has 1 aliphatic heterocycles. The molecule has 1 aliphatic rings. The van der Waals surface area contributed by atoms with Gasteiger partial charge in [0, 0.05) is 29.6 Å². The summed E-state index contributed by atoms with van der Waals surface area (Å²) in [6.45, 7) is 0.118. The fraction of sp³-hybridized carbons (Fsp3) is 0.400. The molecule has 1 saturated heterocycles. The lowest BCUT2D eigenvalue weighted by Gasteiger charge is -2.16. The molecular weight excluding hydrogens is 327 g/mol. The summed E-state index contributed by atoms with van der Waals surface area (Å²) in [4.78, 5) is 20.7. The first-order valence-corrected chi connectivity index (χ1v) is 8.31. The molecule has 2 heterocycles. The van der Waals surface area contributed by atoms with Crippen LogP contribution in [0, 0.1) is 17.2 Å². The van der Waals surface area contributed by atoms with Gasteiger partial charge in [0.05, 0.1) is 11.9 Å². The molecule has 10 heteroatoms. The van der Waals surface area contributed by atoms with Gasteiger partial charge in [-0.1, -0.05) is 0 Å². The van der Waals surface area contributed by atoms with Crippen LogP contribution in [-0.2, 0) is 13.8 Å². The minimum Gasteiger partial charge on any atom is -0.295 e. The molecule has 106 valence electrons. The Kier molecular flexibility index (Phi) is 4.13. The summed E-state index contributed by atoms with van der Waals surface area (Å²) in [5, 5.41) is 8.88. The third-order valence-electron chi connectivity index (χ3n) is 2.76. The van der Waals surface area contributed by atoms with Crippen molar-refractivity contribution in [2.75, 3.05) is 17.2 Å². The van der Waals surface area contributed by atoms with Crippen molar-refractivity contribution in [1.82, 2.24) is 9.97 Å². The highest BCUT2D eigenvalue weighted by molar-refractivity contribution is 8.13. The molecule has 1 fully saturated rings.